The molecule has 4 rings (SSSR count). The Morgan fingerprint density at radius 1 is 1.06 bits per heavy atom. The molecule has 2 heterocycles. The van der Waals surface area contributed by atoms with Gasteiger partial charge in [-0.25, -0.2) is 4.99 Å². The number of aliphatic imine (C=N–C) groups is 1. The molecule has 1 saturated heterocycles. The van der Waals surface area contributed by atoms with Crippen LogP contribution in [0, 0.1) is 5.92 Å². The van der Waals surface area contributed by atoms with Gasteiger partial charge in [0.1, 0.15) is 0 Å². The van der Waals surface area contributed by atoms with Gasteiger partial charge in [0.05, 0.1) is 19.8 Å². The van der Waals surface area contributed by atoms with Gasteiger partial charge >= 0.3 is 0 Å². The average molecular weight is 546 g/mol. The number of hydrogen-bond acceptors (Lipinski definition) is 3. The van der Waals surface area contributed by atoms with E-state index in [1.54, 1.807) is 0 Å². The number of ether oxygens (including phenoxy) is 1. The topological polar surface area (TPSA) is 40.1 Å². The van der Waals surface area contributed by atoms with Crippen LogP contribution in [0.15, 0.2) is 71.7 Å². The molecule has 2 aliphatic heterocycles. The number of nitrogens with zero attached hydrogens (tertiary/aromatic N) is 3. The SMILES string of the molecule is CCNC(=NCc1cccc(N2CC=CC2)c1)N1CCC(COCc2ccccc2)C1.I. The van der Waals surface area contributed by atoms with Gasteiger partial charge in [0.25, 0.3) is 0 Å². The fourth-order valence-electron chi connectivity index (χ4n) is 4.21. The van der Waals surface area contributed by atoms with Crippen molar-refractivity contribution in [2.24, 2.45) is 10.9 Å². The van der Waals surface area contributed by atoms with E-state index in [-0.39, 0.29) is 24.0 Å². The molecule has 2 aromatic rings. The van der Waals surface area contributed by atoms with E-state index in [4.69, 9.17) is 9.73 Å². The fraction of sp³-hybridized carbons (Fsp3) is 0.423. The summed E-state index contributed by atoms with van der Waals surface area (Å²) in [6.45, 7) is 9.23. The molecule has 2 aliphatic rings. The third kappa shape index (κ3) is 6.97. The number of halogens is 1. The third-order valence-corrected chi connectivity index (χ3v) is 5.89. The Labute approximate surface area is 209 Å². The van der Waals surface area contributed by atoms with Crippen LogP contribution in [-0.4, -0.2) is 50.2 Å². The normalized spacial score (nSPS) is 18.2. The van der Waals surface area contributed by atoms with E-state index < -0.39 is 0 Å². The van der Waals surface area contributed by atoms with Crippen LogP contribution in [0.2, 0.25) is 0 Å². The molecule has 0 spiro atoms. The molecule has 0 saturated carbocycles. The summed E-state index contributed by atoms with van der Waals surface area (Å²) in [5.74, 6) is 1.57. The van der Waals surface area contributed by atoms with E-state index >= 15 is 0 Å². The molecule has 0 radical (unpaired) electrons. The van der Waals surface area contributed by atoms with Crippen LogP contribution in [0.5, 0.6) is 0 Å². The van der Waals surface area contributed by atoms with Crippen molar-refractivity contribution in [3.63, 3.8) is 0 Å². The molecular weight excluding hydrogens is 511 g/mol. The largest absolute Gasteiger partial charge is 0.376 e. The minimum Gasteiger partial charge on any atom is -0.376 e. The lowest BCUT2D eigenvalue weighted by atomic mass is 10.1. The summed E-state index contributed by atoms with van der Waals surface area (Å²) in [5.41, 5.74) is 3.76. The van der Waals surface area contributed by atoms with Gasteiger partial charge in [0, 0.05) is 44.3 Å². The van der Waals surface area contributed by atoms with Gasteiger partial charge in [-0.3, -0.25) is 0 Å². The Bertz CT molecular complexity index is 878. The molecule has 6 heteroatoms. The maximum Gasteiger partial charge on any atom is 0.194 e. The average Bonchev–Trinajstić information content (AvgIpc) is 3.50. The number of nitrogens with one attached hydrogen (secondary N) is 1. The van der Waals surface area contributed by atoms with E-state index in [0.717, 1.165) is 51.7 Å². The molecule has 1 unspecified atom stereocenters. The summed E-state index contributed by atoms with van der Waals surface area (Å²) in [5, 5.41) is 3.48. The number of anilines is 1. The molecule has 1 fully saturated rings. The molecule has 172 valence electrons. The summed E-state index contributed by atoms with van der Waals surface area (Å²) in [6, 6.07) is 19.2. The smallest absolute Gasteiger partial charge is 0.194 e. The lowest BCUT2D eigenvalue weighted by Crippen LogP contribution is -2.40. The van der Waals surface area contributed by atoms with Crippen molar-refractivity contribution in [3.8, 4) is 0 Å². The van der Waals surface area contributed by atoms with Gasteiger partial charge < -0.3 is 19.9 Å². The fourth-order valence-corrected chi connectivity index (χ4v) is 4.21. The Kier molecular flexibility index (Phi) is 9.87. The van der Waals surface area contributed by atoms with Crippen molar-refractivity contribution in [2.75, 3.05) is 44.2 Å². The minimum atomic E-state index is 0. The zero-order valence-electron chi connectivity index (χ0n) is 19.0. The summed E-state index contributed by atoms with van der Waals surface area (Å²) < 4.78 is 5.99. The summed E-state index contributed by atoms with van der Waals surface area (Å²) in [4.78, 5) is 9.71. The molecule has 0 amide bonds. The maximum absolute atomic E-state index is 5.99. The van der Waals surface area contributed by atoms with Crippen LogP contribution in [-0.2, 0) is 17.9 Å². The second-order valence-corrected chi connectivity index (χ2v) is 8.32. The minimum absolute atomic E-state index is 0. The highest BCUT2D eigenvalue weighted by Crippen LogP contribution is 2.20. The number of rotatable bonds is 8. The van der Waals surface area contributed by atoms with E-state index in [1.807, 2.05) is 6.07 Å². The Morgan fingerprint density at radius 2 is 1.84 bits per heavy atom. The van der Waals surface area contributed by atoms with E-state index in [0.29, 0.717) is 19.1 Å². The quantitative estimate of drug-likeness (QED) is 0.226. The predicted octanol–water partition coefficient (Wildman–Crippen LogP) is 4.69. The monoisotopic (exact) mass is 546 g/mol. The number of guanidine groups is 1. The Hall–Kier alpha value is -2.06. The summed E-state index contributed by atoms with van der Waals surface area (Å²) in [6.07, 6.45) is 5.60. The first kappa shape index (κ1) is 24.6. The number of benzene rings is 2. The third-order valence-electron chi connectivity index (χ3n) is 5.89. The van der Waals surface area contributed by atoms with Crippen molar-refractivity contribution in [1.29, 1.82) is 0 Å². The molecule has 0 aromatic heterocycles. The Morgan fingerprint density at radius 3 is 2.62 bits per heavy atom. The van der Waals surface area contributed by atoms with Crippen molar-refractivity contribution < 1.29 is 4.74 Å². The van der Waals surface area contributed by atoms with Crippen LogP contribution in [0.3, 0.4) is 0 Å². The van der Waals surface area contributed by atoms with E-state index in [9.17, 15) is 0 Å². The van der Waals surface area contributed by atoms with E-state index in [1.165, 1.54) is 16.8 Å². The van der Waals surface area contributed by atoms with Gasteiger partial charge in [-0.05, 0) is 36.6 Å². The molecule has 1 atom stereocenters. The number of hydrogen-bond donors (Lipinski definition) is 1. The van der Waals surface area contributed by atoms with Crippen molar-refractivity contribution in [3.05, 3.63) is 77.9 Å². The second-order valence-electron chi connectivity index (χ2n) is 8.32. The van der Waals surface area contributed by atoms with Gasteiger partial charge in [0.2, 0.25) is 0 Å². The lowest BCUT2D eigenvalue weighted by molar-refractivity contribution is 0.0906. The van der Waals surface area contributed by atoms with Crippen molar-refractivity contribution >= 4 is 35.6 Å². The molecule has 1 N–H and O–H groups in total. The van der Waals surface area contributed by atoms with Gasteiger partial charge in [-0.15, -0.1) is 24.0 Å². The van der Waals surface area contributed by atoms with Crippen LogP contribution >= 0.6 is 24.0 Å². The maximum atomic E-state index is 5.99. The molecule has 32 heavy (non-hydrogen) atoms. The van der Waals surface area contributed by atoms with Crippen LogP contribution in [0.25, 0.3) is 0 Å². The first-order valence-electron chi connectivity index (χ1n) is 11.5. The number of likely N-dealkylation sites (tertiary alicyclic amines) is 1. The van der Waals surface area contributed by atoms with Gasteiger partial charge in [0.15, 0.2) is 5.96 Å². The molecule has 5 nitrogen and oxygen atoms in total. The second kappa shape index (κ2) is 12.8. The molecule has 2 aromatic carbocycles. The molecule has 0 bridgehead atoms. The summed E-state index contributed by atoms with van der Waals surface area (Å²) >= 11 is 0. The standard InChI is InChI=1S/C26H34N4O.HI/c1-2-27-26(28-18-23-11-8-12-25(17-23)29-14-6-7-15-29)30-16-13-24(19-30)21-31-20-22-9-4-3-5-10-22;/h3-12,17,24H,2,13-16,18-21H2,1H3,(H,27,28);1H. The van der Waals surface area contributed by atoms with Crippen molar-refractivity contribution in [1.82, 2.24) is 10.2 Å². The summed E-state index contributed by atoms with van der Waals surface area (Å²) in [7, 11) is 0. The highest BCUT2D eigenvalue weighted by Gasteiger charge is 2.25. The van der Waals surface area contributed by atoms with E-state index in [2.05, 4.69) is 82.7 Å². The van der Waals surface area contributed by atoms with Gasteiger partial charge in [-0.2, -0.15) is 0 Å². The van der Waals surface area contributed by atoms with Crippen LogP contribution in [0.1, 0.15) is 24.5 Å². The highest BCUT2D eigenvalue weighted by molar-refractivity contribution is 14.0. The predicted molar refractivity (Wildman–Crippen MR) is 144 cm³/mol. The molecule has 0 aliphatic carbocycles. The zero-order valence-corrected chi connectivity index (χ0v) is 21.3. The van der Waals surface area contributed by atoms with Crippen molar-refractivity contribution in [2.45, 2.75) is 26.5 Å². The Balaban J connectivity index is 0.00000289. The highest BCUT2D eigenvalue weighted by atomic mass is 127. The van der Waals surface area contributed by atoms with Gasteiger partial charge in [-0.1, -0.05) is 54.6 Å². The van der Waals surface area contributed by atoms with Crippen LogP contribution in [0.4, 0.5) is 5.69 Å². The van der Waals surface area contributed by atoms with Crippen LogP contribution < -0.4 is 10.2 Å². The first-order valence-corrected chi connectivity index (χ1v) is 11.5. The molecular formula is C26H35IN4O. The lowest BCUT2D eigenvalue weighted by Gasteiger charge is -2.22. The first-order chi connectivity index (χ1) is 15.3. The zero-order chi connectivity index (χ0) is 21.3.